The van der Waals surface area contributed by atoms with Crippen LogP contribution in [-0.4, -0.2) is 36.1 Å². The normalized spacial score (nSPS) is 10.9. The molecule has 7 nitrogen and oxygen atoms in total. The van der Waals surface area contributed by atoms with Crippen LogP contribution in [0.25, 0.3) is 10.9 Å². The number of rotatable bonds is 9. The van der Waals surface area contributed by atoms with Crippen LogP contribution in [-0.2, 0) is 17.8 Å². The van der Waals surface area contributed by atoms with E-state index in [4.69, 9.17) is 15.2 Å². The third-order valence-electron chi connectivity index (χ3n) is 5.24. The van der Waals surface area contributed by atoms with Gasteiger partial charge in [-0.2, -0.15) is 0 Å². The fraction of sp³-hybridized carbons (Fsp3) is 0.192. The number of nitrogens with one attached hydrogen (secondary N) is 1. The number of hydrogen-bond donors (Lipinski definition) is 2. The first-order valence-corrected chi connectivity index (χ1v) is 10.8. The molecule has 174 valence electrons. The van der Waals surface area contributed by atoms with Crippen LogP contribution in [0.1, 0.15) is 27.2 Å². The Balaban J connectivity index is 1.71. The standard InChI is InChI=1S/C26H25FN4O3/c1-33-12-11-29-26(32)23-24(34-16-18-5-3-2-4-6-18)22-21(25(28)31-23)14-19(15-30-22)13-17-7-9-20(27)10-8-17/h2-10,14-15H,11-13,16H2,1H3,(H2,28,31)(H,29,32). The summed E-state index contributed by atoms with van der Waals surface area (Å²) >= 11 is 0. The first kappa shape index (κ1) is 23.1. The maximum absolute atomic E-state index is 13.2. The number of nitrogens with zero attached hydrogens (tertiary/aromatic N) is 2. The van der Waals surface area contributed by atoms with Gasteiger partial charge in [0.2, 0.25) is 0 Å². The van der Waals surface area contributed by atoms with Crippen molar-refractivity contribution in [3.8, 4) is 5.75 Å². The number of pyridine rings is 2. The number of hydrogen-bond acceptors (Lipinski definition) is 6. The smallest absolute Gasteiger partial charge is 0.274 e. The number of carbonyl (C=O) groups excluding carboxylic acids is 1. The third kappa shape index (κ3) is 5.47. The average molecular weight is 461 g/mol. The van der Waals surface area contributed by atoms with E-state index >= 15 is 0 Å². The Morgan fingerprint density at radius 1 is 1.06 bits per heavy atom. The van der Waals surface area contributed by atoms with Crippen molar-refractivity contribution in [3.63, 3.8) is 0 Å². The molecule has 0 fully saturated rings. The highest BCUT2D eigenvalue weighted by Gasteiger charge is 2.21. The number of methoxy groups -OCH3 is 1. The van der Waals surface area contributed by atoms with Crippen LogP contribution in [0.5, 0.6) is 5.75 Å². The van der Waals surface area contributed by atoms with Crippen molar-refractivity contribution < 1.29 is 18.7 Å². The molecule has 2 aromatic heterocycles. The van der Waals surface area contributed by atoms with Gasteiger partial charge in [-0.05, 0) is 41.3 Å². The van der Waals surface area contributed by atoms with E-state index < -0.39 is 5.91 Å². The predicted molar refractivity (Wildman–Crippen MR) is 128 cm³/mol. The highest BCUT2D eigenvalue weighted by atomic mass is 19.1. The fourth-order valence-electron chi connectivity index (χ4n) is 3.53. The summed E-state index contributed by atoms with van der Waals surface area (Å²) in [6, 6.07) is 17.8. The van der Waals surface area contributed by atoms with Crippen molar-refractivity contribution in [2.45, 2.75) is 13.0 Å². The lowest BCUT2D eigenvalue weighted by atomic mass is 10.0. The van der Waals surface area contributed by atoms with Gasteiger partial charge in [0.1, 0.15) is 23.8 Å². The molecule has 2 heterocycles. The van der Waals surface area contributed by atoms with E-state index in [2.05, 4.69) is 15.3 Å². The predicted octanol–water partition coefficient (Wildman–Crippen LogP) is 3.90. The molecule has 4 rings (SSSR count). The van der Waals surface area contributed by atoms with E-state index in [0.29, 0.717) is 30.5 Å². The van der Waals surface area contributed by atoms with E-state index in [1.54, 1.807) is 25.4 Å². The van der Waals surface area contributed by atoms with E-state index in [9.17, 15) is 9.18 Å². The Morgan fingerprint density at radius 2 is 1.82 bits per heavy atom. The zero-order valence-electron chi connectivity index (χ0n) is 18.8. The maximum atomic E-state index is 13.2. The van der Waals surface area contributed by atoms with Gasteiger partial charge in [0.05, 0.1) is 6.61 Å². The number of nitrogens with two attached hydrogens (primary N) is 1. The molecule has 0 saturated carbocycles. The van der Waals surface area contributed by atoms with Gasteiger partial charge < -0.3 is 20.5 Å². The van der Waals surface area contributed by atoms with Crippen LogP contribution in [0.15, 0.2) is 66.9 Å². The molecule has 0 bridgehead atoms. The molecule has 2 aromatic carbocycles. The number of fused-ring (bicyclic) bond motifs is 1. The Hall–Kier alpha value is -4.04. The van der Waals surface area contributed by atoms with Crippen LogP contribution in [0.4, 0.5) is 10.2 Å². The summed E-state index contributed by atoms with van der Waals surface area (Å²) in [7, 11) is 1.56. The van der Waals surface area contributed by atoms with Gasteiger partial charge in [0.15, 0.2) is 11.4 Å². The molecule has 0 atom stereocenters. The number of anilines is 1. The highest BCUT2D eigenvalue weighted by molar-refractivity contribution is 6.03. The number of halogens is 1. The van der Waals surface area contributed by atoms with E-state index in [-0.39, 0.29) is 29.7 Å². The lowest BCUT2D eigenvalue weighted by molar-refractivity contribution is 0.0927. The zero-order valence-corrected chi connectivity index (χ0v) is 18.8. The molecule has 3 N–H and O–H groups in total. The van der Waals surface area contributed by atoms with Gasteiger partial charge in [-0.15, -0.1) is 0 Å². The molecule has 4 aromatic rings. The fourth-order valence-corrected chi connectivity index (χ4v) is 3.53. The summed E-state index contributed by atoms with van der Waals surface area (Å²) in [6.45, 7) is 0.913. The van der Waals surface area contributed by atoms with Crippen molar-refractivity contribution in [2.75, 3.05) is 26.0 Å². The summed E-state index contributed by atoms with van der Waals surface area (Å²) in [5.41, 5.74) is 9.50. The number of carbonyl (C=O) groups is 1. The van der Waals surface area contributed by atoms with Crippen molar-refractivity contribution in [3.05, 3.63) is 95.1 Å². The second kappa shape index (κ2) is 10.7. The van der Waals surface area contributed by atoms with Gasteiger partial charge in [0.25, 0.3) is 5.91 Å². The molecule has 8 heteroatoms. The van der Waals surface area contributed by atoms with Crippen LogP contribution in [0, 0.1) is 5.82 Å². The Labute approximate surface area is 196 Å². The number of aromatic nitrogens is 2. The molecular weight excluding hydrogens is 435 g/mol. The lowest BCUT2D eigenvalue weighted by Crippen LogP contribution is -2.28. The van der Waals surface area contributed by atoms with E-state index in [1.165, 1.54) is 12.1 Å². The van der Waals surface area contributed by atoms with Crippen molar-refractivity contribution in [1.29, 1.82) is 0 Å². The van der Waals surface area contributed by atoms with Crippen molar-refractivity contribution in [1.82, 2.24) is 15.3 Å². The average Bonchev–Trinajstić information content (AvgIpc) is 2.85. The number of ether oxygens (including phenoxy) is 2. The van der Waals surface area contributed by atoms with Crippen LogP contribution >= 0.6 is 0 Å². The van der Waals surface area contributed by atoms with Gasteiger partial charge in [-0.25, -0.2) is 9.37 Å². The largest absolute Gasteiger partial charge is 0.484 e. The number of amides is 1. The molecule has 0 saturated heterocycles. The highest BCUT2D eigenvalue weighted by Crippen LogP contribution is 2.32. The minimum atomic E-state index is -0.425. The lowest BCUT2D eigenvalue weighted by Gasteiger charge is -2.15. The molecule has 34 heavy (non-hydrogen) atoms. The van der Waals surface area contributed by atoms with Crippen LogP contribution < -0.4 is 15.8 Å². The monoisotopic (exact) mass is 460 g/mol. The second-order valence-electron chi connectivity index (χ2n) is 7.74. The molecular formula is C26H25FN4O3. The van der Waals surface area contributed by atoms with Crippen LogP contribution in [0.2, 0.25) is 0 Å². The topological polar surface area (TPSA) is 99.4 Å². The first-order valence-electron chi connectivity index (χ1n) is 10.8. The first-order chi connectivity index (χ1) is 16.5. The quantitative estimate of drug-likeness (QED) is 0.368. The number of benzene rings is 2. The molecule has 1 amide bonds. The summed E-state index contributed by atoms with van der Waals surface area (Å²) in [6.07, 6.45) is 2.25. The Bertz CT molecular complexity index is 1280. The third-order valence-corrected chi connectivity index (χ3v) is 5.24. The summed E-state index contributed by atoms with van der Waals surface area (Å²) in [5.74, 6) is -0.278. The molecule has 0 unspecified atom stereocenters. The summed E-state index contributed by atoms with van der Waals surface area (Å²) in [5, 5.41) is 3.34. The molecule has 0 spiro atoms. The minimum absolute atomic E-state index is 0.0656. The number of nitrogen functional groups attached to an aromatic ring is 1. The Morgan fingerprint density at radius 3 is 2.56 bits per heavy atom. The Kier molecular flexibility index (Phi) is 7.29. The summed E-state index contributed by atoms with van der Waals surface area (Å²) < 4.78 is 24.3. The van der Waals surface area contributed by atoms with Gasteiger partial charge in [-0.1, -0.05) is 42.5 Å². The van der Waals surface area contributed by atoms with Gasteiger partial charge >= 0.3 is 0 Å². The van der Waals surface area contributed by atoms with Gasteiger partial charge in [-0.3, -0.25) is 9.78 Å². The van der Waals surface area contributed by atoms with E-state index in [1.807, 2.05) is 36.4 Å². The maximum Gasteiger partial charge on any atom is 0.274 e. The molecule has 0 radical (unpaired) electrons. The van der Waals surface area contributed by atoms with Crippen LogP contribution in [0.3, 0.4) is 0 Å². The van der Waals surface area contributed by atoms with E-state index in [0.717, 1.165) is 16.7 Å². The SMILES string of the molecule is COCCNC(=O)c1nc(N)c2cc(Cc3ccc(F)cc3)cnc2c1OCc1ccccc1. The van der Waals surface area contributed by atoms with Crippen molar-refractivity contribution >= 4 is 22.6 Å². The second-order valence-corrected chi connectivity index (χ2v) is 7.74. The molecule has 0 aliphatic carbocycles. The molecule has 0 aliphatic rings. The zero-order chi connectivity index (χ0) is 23.9. The van der Waals surface area contributed by atoms with Crippen molar-refractivity contribution in [2.24, 2.45) is 0 Å². The summed E-state index contributed by atoms with van der Waals surface area (Å²) in [4.78, 5) is 21.8. The molecule has 0 aliphatic heterocycles. The van der Waals surface area contributed by atoms with Gasteiger partial charge in [0, 0.05) is 25.2 Å². The minimum Gasteiger partial charge on any atom is -0.484 e.